The van der Waals surface area contributed by atoms with Gasteiger partial charge in [0.05, 0.1) is 13.3 Å². The molecule has 1 aliphatic rings. The second-order valence-electron chi connectivity index (χ2n) is 3.80. The van der Waals surface area contributed by atoms with E-state index >= 15 is 0 Å². The van der Waals surface area contributed by atoms with Crippen LogP contribution in [-0.2, 0) is 19.1 Å². The van der Waals surface area contributed by atoms with Gasteiger partial charge >= 0.3 is 17.8 Å². The van der Waals surface area contributed by atoms with E-state index in [2.05, 4.69) is 6.58 Å². The summed E-state index contributed by atoms with van der Waals surface area (Å²) in [7, 11) is 0. The Morgan fingerprint density at radius 3 is 2.62 bits per heavy atom. The van der Waals surface area contributed by atoms with E-state index in [9.17, 15) is 14.4 Å². The topological polar surface area (TPSA) is 60.4 Å². The van der Waals surface area contributed by atoms with Crippen LogP contribution in [0.1, 0.15) is 19.8 Å². The zero-order chi connectivity index (χ0) is 12.2. The smallest absolute Gasteiger partial charge is 0.326 e. The summed E-state index contributed by atoms with van der Waals surface area (Å²) >= 11 is 0. The molecule has 1 saturated heterocycles. The normalized spacial score (nSPS) is 23.4. The number of carbonyl (C=O) groups is 3. The summed E-state index contributed by atoms with van der Waals surface area (Å²) in [5.74, 6) is -0.713. The zero-order valence-corrected chi connectivity index (χ0v) is 9.40. The Hall–Kier alpha value is -1.49. The van der Waals surface area contributed by atoms with Crippen LogP contribution >= 0.6 is 0 Å². The highest BCUT2D eigenvalue weighted by Gasteiger charge is 2.50. The van der Waals surface area contributed by atoms with Crippen molar-refractivity contribution in [3.05, 3.63) is 12.7 Å². The predicted octanol–water partition coefficient (Wildman–Crippen LogP) is 0.399. The highest BCUT2D eigenvalue weighted by Crippen LogP contribution is 2.23. The van der Waals surface area contributed by atoms with Crippen LogP contribution < -0.4 is 0 Å². The number of amides is 2. The average Bonchev–Trinajstić information content (AvgIpc) is 2.24. The SMILES string of the molecule is C=CCOC(=O)CC[N+]1(C(C)=O)CCC1=O. The molecule has 0 N–H and O–H groups in total. The first kappa shape index (κ1) is 12.6. The van der Waals surface area contributed by atoms with Crippen molar-refractivity contribution in [3.8, 4) is 0 Å². The molecule has 1 fully saturated rings. The van der Waals surface area contributed by atoms with Gasteiger partial charge in [0.2, 0.25) is 0 Å². The van der Waals surface area contributed by atoms with Gasteiger partial charge in [0.15, 0.2) is 0 Å². The third-order valence-corrected chi connectivity index (χ3v) is 2.85. The number of esters is 1. The van der Waals surface area contributed by atoms with Gasteiger partial charge in [0.1, 0.15) is 26.1 Å². The van der Waals surface area contributed by atoms with Crippen LogP contribution in [0, 0.1) is 0 Å². The molecule has 0 aliphatic carbocycles. The first-order valence-electron chi connectivity index (χ1n) is 5.21. The molecule has 1 rings (SSSR count). The lowest BCUT2D eigenvalue weighted by Gasteiger charge is -2.38. The Bertz CT molecular complexity index is 327. The minimum absolute atomic E-state index is 0.0825. The number of β-lactam (4-membered cyclic amide) rings is 1. The lowest BCUT2D eigenvalue weighted by atomic mass is 10.1. The molecule has 5 nitrogen and oxygen atoms in total. The summed E-state index contributed by atoms with van der Waals surface area (Å²) in [6, 6.07) is 0. The lowest BCUT2D eigenvalue weighted by Crippen LogP contribution is -2.65. The maximum absolute atomic E-state index is 11.4. The highest BCUT2D eigenvalue weighted by molar-refractivity contribution is 5.87. The van der Waals surface area contributed by atoms with Gasteiger partial charge < -0.3 is 4.74 Å². The van der Waals surface area contributed by atoms with Crippen LogP contribution in [0.25, 0.3) is 0 Å². The van der Waals surface area contributed by atoms with Gasteiger partial charge in [0, 0.05) is 0 Å². The number of hydrogen-bond acceptors (Lipinski definition) is 4. The fourth-order valence-corrected chi connectivity index (χ4v) is 1.71. The maximum atomic E-state index is 11.4. The van der Waals surface area contributed by atoms with Crippen molar-refractivity contribution in [1.82, 2.24) is 0 Å². The second kappa shape index (κ2) is 5.03. The Labute approximate surface area is 94.3 Å². The number of rotatable bonds is 5. The summed E-state index contributed by atoms with van der Waals surface area (Å²) in [5.41, 5.74) is 0. The van der Waals surface area contributed by atoms with Crippen molar-refractivity contribution in [3.63, 3.8) is 0 Å². The van der Waals surface area contributed by atoms with E-state index in [1.165, 1.54) is 13.0 Å². The zero-order valence-electron chi connectivity index (χ0n) is 9.40. The van der Waals surface area contributed by atoms with Crippen LogP contribution in [0.5, 0.6) is 0 Å². The van der Waals surface area contributed by atoms with E-state index < -0.39 is 5.97 Å². The molecule has 1 unspecified atom stereocenters. The predicted molar refractivity (Wildman–Crippen MR) is 56.1 cm³/mol. The van der Waals surface area contributed by atoms with Crippen molar-refractivity contribution in [2.75, 3.05) is 19.7 Å². The summed E-state index contributed by atoms with van der Waals surface area (Å²) in [6.07, 6.45) is 1.97. The van der Waals surface area contributed by atoms with Gasteiger partial charge in [-0.25, -0.2) is 9.59 Å². The van der Waals surface area contributed by atoms with Crippen LogP contribution in [0.3, 0.4) is 0 Å². The minimum atomic E-state index is -0.404. The minimum Gasteiger partial charge on any atom is -0.461 e. The quantitative estimate of drug-likeness (QED) is 0.294. The van der Waals surface area contributed by atoms with Gasteiger partial charge in [-0.05, 0) is 0 Å². The molecule has 16 heavy (non-hydrogen) atoms. The number of imide groups is 1. The molecule has 0 radical (unpaired) electrons. The molecule has 88 valence electrons. The fourth-order valence-electron chi connectivity index (χ4n) is 1.71. The summed E-state index contributed by atoms with van der Waals surface area (Å²) < 4.78 is 4.58. The maximum Gasteiger partial charge on any atom is 0.326 e. The van der Waals surface area contributed by atoms with Crippen molar-refractivity contribution >= 4 is 17.8 Å². The number of likely N-dealkylation sites (tertiary alicyclic amines) is 1. The second-order valence-corrected chi connectivity index (χ2v) is 3.80. The Morgan fingerprint density at radius 2 is 2.25 bits per heavy atom. The van der Waals surface area contributed by atoms with Crippen LogP contribution in [-0.4, -0.2) is 42.0 Å². The molecule has 0 bridgehead atoms. The average molecular weight is 226 g/mol. The molecule has 5 heteroatoms. The van der Waals surface area contributed by atoms with Gasteiger partial charge in [-0.2, -0.15) is 4.48 Å². The van der Waals surface area contributed by atoms with Gasteiger partial charge in [-0.3, -0.25) is 4.79 Å². The van der Waals surface area contributed by atoms with Crippen molar-refractivity contribution in [1.29, 1.82) is 0 Å². The fraction of sp³-hybridized carbons (Fsp3) is 0.545. The molecule has 0 spiro atoms. The molecule has 0 saturated carbocycles. The Morgan fingerprint density at radius 1 is 1.56 bits per heavy atom. The molecule has 1 aliphatic heterocycles. The van der Waals surface area contributed by atoms with E-state index in [1.807, 2.05) is 0 Å². The number of carbonyl (C=O) groups excluding carboxylic acids is 3. The molecular formula is C11H16NO4+. The summed E-state index contributed by atoms with van der Waals surface area (Å²) in [4.78, 5) is 34.0. The number of ether oxygens (including phenoxy) is 1. The molecule has 1 atom stereocenters. The lowest BCUT2D eigenvalue weighted by molar-refractivity contribution is -0.805. The van der Waals surface area contributed by atoms with E-state index in [-0.39, 0.29) is 35.9 Å². The molecule has 1 heterocycles. The monoisotopic (exact) mass is 226 g/mol. The summed E-state index contributed by atoms with van der Waals surface area (Å²) in [5, 5.41) is 0. The van der Waals surface area contributed by atoms with Gasteiger partial charge in [0.25, 0.3) is 0 Å². The van der Waals surface area contributed by atoms with Crippen LogP contribution in [0.4, 0.5) is 0 Å². The van der Waals surface area contributed by atoms with E-state index in [0.717, 1.165) is 0 Å². The third kappa shape index (κ3) is 2.36. The first-order valence-corrected chi connectivity index (χ1v) is 5.21. The van der Waals surface area contributed by atoms with Crippen LogP contribution in [0.2, 0.25) is 0 Å². The molecule has 0 aromatic heterocycles. The summed E-state index contributed by atoms with van der Waals surface area (Å²) in [6.45, 7) is 5.68. The number of hydrogen-bond donors (Lipinski definition) is 0. The number of nitrogens with zero attached hydrogens (tertiary/aromatic N) is 1. The van der Waals surface area contributed by atoms with E-state index in [1.54, 1.807) is 0 Å². The first-order chi connectivity index (χ1) is 7.53. The molecular weight excluding hydrogens is 210 g/mol. The Balaban J connectivity index is 2.46. The molecule has 0 aromatic carbocycles. The largest absolute Gasteiger partial charge is 0.461 e. The van der Waals surface area contributed by atoms with Gasteiger partial charge in [-0.15, -0.1) is 0 Å². The molecule has 2 amide bonds. The van der Waals surface area contributed by atoms with E-state index in [0.29, 0.717) is 13.0 Å². The Kier molecular flexibility index (Phi) is 3.95. The van der Waals surface area contributed by atoms with Gasteiger partial charge in [-0.1, -0.05) is 12.7 Å². The standard InChI is InChI=1S/C11H16NO4/c1-3-8-16-11(15)5-7-12(9(2)13)6-4-10(12)14/h3H,1,4-8H2,2H3/q+1. The molecule has 0 aromatic rings. The van der Waals surface area contributed by atoms with Crippen molar-refractivity contribution < 1.29 is 23.6 Å². The number of quaternary nitrogens is 1. The van der Waals surface area contributed by atoms with Crippen LogP contribution in [0.15, 0.2) is 12.7 Å². The van der Waals surface area contributed by atoms with Crippen molar-refractivity contribution in [2.24, 2.45) is 0 Å². The highest BCUT2D eigenvalue weighted by atomic mass is 16.5. The van der Waals surface area contributed by atoms with Crippen molar-refractivity contribution in [2.45, 2.75) is 19.8 Å². The van der Waals surface area contributed by atoms with E-state index in [4.69, 9.17) is 4.74 Å². The third-order valence-electron chi connectivity index (χ3n) is 2.85.